The van der Waals surface area contributed by atoms with E-state index >= 15 is 0 Å². The largest absolute Gasteiger partial charge is 0.507 e. The molecule has 0 spiro atoms. The van der Waals surface area contributed by atoms with Crippen molar-refractivity contribution in [3.8, 4) is 11.8 Å². The number of ketones is 1. The van der Waals surface area contributed by atoms with Gasteiger partial charge in [-0.3, -0.25) is 14.5 Å². The molecule has 1 unspecified atom stereocenters. The molecule has 34 heavy (non-hydrogen) atoms. The molecule has 1 aliphatic rings. The number of aliphatic hydroxyl groups is 1. The predicted molar refractivity (Wildman–Crippen MR) is 129 cm³/mol. The molecule has 6 heteroatoms. The number of Topliss-reactive ketones (excluding diaryl/α,β-unsaturated/α-hetero) is 1. The SMILES string of the molecule is Cc1cccc(C2/C(=C(/O)c3ccc(OC(C)C)cc3)C(=O)C(=O)N2c2ccc(C#N)cc2)c1. The standard InChI is InChI=1S/C28H24N2O4/c1-17(2)34-23-13-9-20(10-14-23)26(31)24-25(21-6-4-5-18(3)15-21)30(28(33)27(24)32)22-11-7-19(16-29)8-12-22/h4-15,17,25,31H,1-3H3/b26-24-. The van der Waals surface area contributed by atoms with Crippen LogP contribution in [0.4, 0.5) is 5.69 Å². The number of nitrogens with zero attached hydrogens (tertiary/aromatic N) is 2. The Morgan fingerprint density at radius 1 is 1.03 bits per heavy atom. The van der Waals surface area contributed by atoms with Crippen molar-refractivity contribution in [1.29, 1.82) is 5.26 Å². The summed E-state index contributed by atoms with van der Waals surface area (Å²) in [7, 11) is 0. The number of anilines is 1. The van der Waals surface area contributed by atoms with Crippen LogP contribution in [0.1, 0.15) is 42.1 Å². The maximum absolute atomic E-state index is 13.2. The Kier molecular flexibility index (Phi) is 6.20. The third-order valence-electron chi connectivity index (χ3n) is 5.58. The van der Waals surface area contributed by atoms with E-state index in [1.807, 2.05) is 51.1 Å². The maximum Gasteiger partial charge on any atom is 0.300 e. The van der Waals surface area contributed by atoms with Crippen molar-refractivity contribution in [2.24, 2.45) is 0 Å². The van der Waals surface area contributed by atoms with Gasteiger partial charge in [-0.25, -0.2) is 0 Å². The number of aryl methyl sites for hydroxylation is 1. The highest BCUT2D eigenvalue weighted by Gasteiger charge is 2.47. The highest BCUT2D eigenvalue weighted by molar-refractivity contribution is 6.51. The molecule has 0 saturated carbocycles. The monoisotopic (exact) mass is 452 g/mol. The summed E-state index contributed by atoms with van der Waals surface area (Å²) < 4.78 is 5.66. The molecule has 3 aromatic carbocycles. The van der Waals surface area contributed by atoms with Crippen LogP contribution in [0.2, 0.25) is 0 Å². The first-order valence-corrected chi connectivity index (χ1v) is 10.9. The molecule has 170 valence electrons. The number of hydrogen-bond donors (Lipinski definition) is 1. The fourth-order valence-corrected chi connectivity index (χ4v) is 4.07. The molecule has 6 nitrogen and oxygen atoms in total. The molecule has 1 saturated heterocycles. The summed E-state index contributed by atoms with van der Waals surface area (Å²) in [6.07, 6.45) is -0.00138. The molecule has 1 atom stereocenters. The Morgan fingerprint density at radius 3 is 2.29 bits per heavy atom. The summed E-state index contributed by atoms with van der Waals surface area (Å²) in [5.41, 5.74) is 2.98. The molecule has 4 rings (SSSR count). The summed E-state index contributed by atoms with van der Waals surface area (Å²) in [5.74, 6) is -1.12. The zero-order valence-corrected chi connectivity index (χ0v) is 19.1. The van der Waals surface area contributed by atoms with Crippen molar-refractivity contribution in [3.05, 3.63) is 101 Å². The summed E-state index contributed by atoms with van der Waals surface area (Å²) in [5, 5.41) is 20.3. The zero-order chi connectivity index (χ0) is 24.4. The van der Waals surface area contributed by atoms with Crippen molar-refractivity contribution in [3.63, 3.8) is 0 Å². The fraction of sp³-hybridized carbons (Fsp3) is 0.179. The number of aliphatic hydroxyl groups excluding tert-OH is 1. The van der Waals surface area contributed by atoms with Crippen LogP contribution in [0.15, 0.2) is 78.4 Å². The van der Waals surface area contributed by atoms with Gasteiger partial charge in [0.2, 0.25) is 0 Å². The third-order valence-corrected chi connectivity index (χ3v) is 5.58. The van der Waals surface area contributed by atoms with E-state index in [0.29, 0.717) is 28.1 Å². The van der Waals surface area contributed by atoms with Crippen LogP contribution in [0.25, 0.3) is 5.76 Å². The highest BCUT2D eigenvalue weighted by atomic mass is 16.5. The normalized spacial score (nSPS) is 17.1. The Balaban J connectivity index is 1.86. The van der Waals surface area contributed by atoms with E-state index < -0.39 is 17.7 Å². The third kappa shape index (κ3) is 4.28. The Hall–Kier alpha value is -4.37. The van der Waals surface area contributed by atoms with Crippen LogP contribution in [0, 0.1) is 18.3 Å². The zero-order valence-electron chi connectivity index (χ0n) is 19.1. The van der Waals surface area contributed by atoms with Crippen molar-refractivity contribution in [1.82, 2.24) is 0 Å². The molecule has 3 aromatic rings. The van der Waals surface area contributed by atoms with Gasteiger partial charge in [0, 0.05) is 11.3 Å². The highest BCUT2D eigenvalue weighted by Crippen LogP contribution is 2.42. The first kappa shape index (κ1) is 22.8. The number of nitriles is 1. The van der Waals surface area contributed by atoms with E-state index in [4.69, 9.17) is 10.00 Å². The van der Waals surface area contributed by atoms with Crippen LogP contribution in [0.3, 0.4) is 0 Å². The second-order valence-corrected chi connectivity index (χ2v) is 8.43. The lowest BCUT2D eigenvalue weighted by atomic mass is 9.94. The van der Waals surface area contributed by atoms with Crippen LogP contribution in [-0.2, 0) is 9.59 Å². The smallest absolute Gasteiger partial charge is 0.300 e. The Bertz CT molecular complexity index is 1320. The van der Waals surface area contributed by atoms with Crippen LogP contribution in [0.5, 0.6) is 5.75 Å². The van der Waals surface area contributed by atoms with Crippen LogP contribution in [-0.4, -0.2) is 22.9 Å². The minimum atomic E-state index is -0.820. The molecule has 0 aromatic heterocycles. The lowest BCUT2D eigenvalue weighted by molar-refractivity contribution is -0.132. The lowest BCUT2D eigenvalue weighted by Gasteiger charge is -2.25. The van der Waals surface area contributed by atoms with Crippen molar-refractivity contribution < 1.29 is 19.4 Å². The van der Waals surface area contributed by atoms with Gasteiger partial charge in [0.25, 0.3) is 11.7 Å². The summed E-state index contributed by atoms with van der Waals surface area (Å²) in [6.45, 7) is 5.76. The van der Waals surface area contributed by atoms with Gasteiger partial charge in [-0.2, -0.15) is 5.26 Å². The Labute approximate surface area is 198 Å². The molecular formula is C28H24N2O4. The molecule has 1 amide bonds. The summed E-state index contributed by atoms with van der Waals surface area (Å²) in [4.78, 5) is 27.8. The maximum atomic E-state index is 13.2. The lowest BCUT2D eigenvalue weighted by Crippen LogP contribution is -2.29. The molecule has 1 aliphatic heterocycles. The molecular weight excluding hydrogens is 428 g/mol. The van der Waals surface area contributed by atoms with Crippen molar-refractivity contribution >= 4 is 23.1 Å². The number of ether oxygens (including phenoxy) is 1. The average molecular weight is 453 g/mol. The van der Waals surface area contributed by atoms with E-state index in [2.05, 4.69) is 0 Å². The minimum Gasteiger partial charge on any atom is -0.507 e. The number of hydrogen-bond acceptors (Lipinski definition) is 5. The van der Waals surface area contributed by atoms with Gasteiger partial charge in [0.05, 0.1) is 29.4 Å². The number of carbonyl (C=O) groups is 2. The quantitative estimate of drug-likeness (QED) is 0.323. The van der Waals surface area contributed by atoms with Crippen molar-refractivity contribution in [2.45, 2.75) is 32.9 Å². The fourth-order valence-electron chi connectivity index (χ4n) is 4.07. The van der Waals surface area contributed by atoms with E-state index in [1.165, 1.54) is 4.90 Å². The number of benzene rings is 3. The molecule has 0 aliphatic carbocycles. The Morgan fingerprint density at radius 2 is 1.71 bits per heavy atom. The molecule has 1 N–H and O–H groups in total. The van der Waals surface area contributed by atoms with E-state index in [0.717, 1.165) is 5.56 Å². The van der Waals surface area contributed by atoms with E-state index in [1.54, 1.807) is 48.5 Å². The van der Waals surface area contributed by atoms with E-state index in [-0.39, 0.29) is 17.4 Å². The predicted octanol–water partition coefficient (Wildman–Crippen LogP) is 5.28. The minimum absolute atomic E-state index is 0.00138. The molecule has 0 bridgehead atoms. The summed E-state index contributed by atoms with van der Waals surface area (Å²) in [6, 6.07) is 21.9. The van der Waals surface area contributed by atoms with Crippen LogP contribution < -0.4 is 9.64 Å². The number of amides is 1. The average Bonchev–Trinajstić information content (AvgIpc) is 3.09. The van der Waals surface area contributed by atoms with Gasteiger partial charge in [0.1, 0.15) is 11.5 Å². The van der Waals surface area contributed by atoms with Gasteiger partial charge in [-0.15, -0.1) is 0 Å². The number of rotatable bonds is 5. The molecule has 1 fully saturated rings. The van der Waals surface area contributed by atoms with Gasteiger partial charge < -0.3 is 9.84 Å². The first-order chi connectivity index (χ1) is 16.3. The second kappa shape index (κ2) is 9.24. The first-order valence-electron chi connectivity index (χ1n) is 10.9. The van der Waals surface area contributed by atoms with Gasteiger partial charge in [-0.1, -0.05) is 29.8 Å². The van der Waals surface area contributed by atoms with Crippen LogP contribution >= 0.6 is 0 Å². The van der Waals surface area contributed by atoms with Gasteiger partial charge in [0.15, 0.2) is 0 Å². The van der Waals surface area contributed by atoms with E-state index in [9.17, 15) is 14.7 Å². The summed E-state index contributed by atoms with van der Waals surface area (Å²) >= 11 is 0. The molecule has 0 radical (unpaired) electrons. The van der Waals surface area contributed by atoms with Gasteiger partial charge in [-0.05, 0) is 74.9 Å². The van der Waals surface area contributed by atoms with Crippen molar-refractivity contribution in [2.75, 3.05) is 4.90 Å². The second-order valence-electron chi connectivity index (χ2n) is 8.43. The topological polar surface area (TPSA) is 90.6 Å². The molecule has 1 heterocycles. The van der Waals surface area contributed by atoms with Gasteiger partial charge >= 0.3 is 0 Å². The number of carbonyl (C=O) groups excluding carboxylic acids is 2.